The zero-order valence-corrected chi connectivity index (χ0v) is 28.4. The Morgan fingerprint density at radius 2 is 1.00 bits per heavy atom. The SMILES string of the molecule is C[C@@H](c1ccc2nccn2c1)n1nnc2ncc(-c3cnn(C)c3)nc21.C[C@H](c1ccc2nccn2c1)n1nnc2ncc(-c3cnn(C)c3)nc21. The van der Waals surface area contributed by atoms with Crippen molar-refractivity contribution < 1.29 is 0 Å². The molecule has 0 aliphatic heterocycles. The first-order chi connectivity index (χ1) is 25.4. The maximum atomic E-state index is 4.72. The molecule has 2 atom stereocenters. The summed E-state index contributed by atoms with van der Waals surface area (Å²) in [5, 5.41) is 25.2. The van der Waals surface area contributed by atoms with Crippen molar-refractivity contribution >= 4 is 33.9 Å². The predicted molar refractivity (Wildman–Crippen MR) is 189 cm³/mol. The lowest BCUT2D eigenvalue weighted by molar-refractivity contribution is 0.554. The van der Waals surface area contributed by atoms with E-state index in [-0.39, 0.29) is 12.1 Å². The predicted octanol–water partition coefficient (Wildman–Crippen LogP) is 3.76. The lowest BCUT2D eigenvalue weighted by Gasteiger charge is -2.12. The number of pyridine rings is 2. The highest BCUT2D eigenvalue weighted by atomic mass is 15.5. The number of imidazole rings is 2. The highest BCUT2D eigenvalue weighted by molar-refractivity contribution is 5.71. The summed E-state index contributed by atoms with van der Waals surface area (Å²) in [6.45, 7) is 4.12. The number of fused-ring (bicyclic) bond motifs is 4. The Kier molecular flexibility index (Phi) is 7.26. The van der Waals surface area contributed by atoms with Crippen LogP contribution in [-0.4, -0.2) is 88.3 Å². The highest BCUT2D eigenvalue weighted by Crippen LogP contribution is 2.25. The normalized spacial score (nSPS) is 12.8. The molecule has 0 fully saturated rings. The summed E-state index contributed by atoms with van der Waals surface area (Å²) in [5.74, 6) is 0. The van der Waals surface area contributed by atoms with Crippen molar-refractivity contribution in [2.24, 2.45) is 14.1 Å². The van der Waals surface area contributed by atoms with E-state index in [1.807, 2.05) is 84.3 Å². The van der Waals surface area contributed by atoms with Crippen LogP contribution < -0.4 is 0 Å². The Morgan fingerprint density at radius 1 is 0.538 bits per heavy atom. The van der Waals surface area contributed by atoms with E-state index in [9.17, 15) is 0 Å². The molecule has 10 aromatic heterocycles. The van der Waals surface area contributed by atoms with Crippen molar-refractivity contribution in [2.75, 3.05) is 0 Å². The summed E-state index contributed by atoms with van der Waals surface area (Å²) in [7, 11) is 3.74. The van der Waals surface area contributed by atoms with Gasteiger partial charge in [-0.05, 0) is 37.1 Å². The number of nitrogens with zero attached hydrogens (tertiary/aromatic N) is 18. The molecule has 10 aromatic rings. The minimum absolute atomic E-state index is 0.0507. The fourth-order valence-electron chi connectivity index (χ4n) is 6.02. The van der Waals surface area contributed by atoms with E-state index >= 15 is 0 Å². The average Bonchev–Trinajstić information content (AvgIpc) is 4.02. The monoisotopic (exact) mass is 690 g/mol. The first-order valence-corrected chi connectivity index (χ1v) is 16.4. The number of hydrogen-bond acceptors (Lipinski definition) is 12. The molecule has 10 rings (SSSR count). The second kappa shape index (κ2) is 12.3. The van der Waals surface area contributed by atoms with Gasteiger partial charge in [0.05, 0.1) is 48.3 Å². The minimum atomic E-state index is -0.0507. The van der Waals surface area contributed by atoms with E-state index < -0.39 is 0 Å². The van der Waals surface area contributed by atoms with Gasteiger partial charge in [0.25, 0.3) is 0 Å². The zero-order valence-electron chi connectivity index (χ0n) is 28.4. The van der Waals surface area contributed by atoms with Crippen LogP contribution in [-0.2, 0) is 14.1 Å². The van der Waals surface area contributed by atoms with E-state index in [0.717, 1.165) is 44.9 Å². The molecular weight excluding hydrogens is 660 g/mol. The molecule has 0 aliphatic carbocycles. The molecule has 0 unspecified atom stereocenters. The quantitative estimate of drug-likeness (QED) is 0.247. The Labute approximate surface area is 294 Å². The molecule has 18 heteroatoms. The topological polar surface area (TPSA) is 183 Å². The lowest BCUT2D eigenvalue weighted by Crippen LogP contribution is -2.10. The van der Waals surface area contributed by atoms with E-state index in [0.29, 0.717) is 22.6 Å². The molecule has 256 valence electrons. The van der Waals surface area contributed by atoms with Gasteiger partial charge in [0.1, 0.15) is 11.3 Å². The van der Waals surface area contributed by atoms with Crippen molar-refractivity contribution in [3.63, 3.8) is 0 Å². The van der Waals surface area contributed by atoms with Gasteiger partial charge in [-0.25, -0.2) is 39.3 Å². The lowest BCUT2D eigenvalue weighted by atomic mass is 10.1. The van der Waals surface area contributed by atoms with Gasteiger partial charge in [0.2, 0.25) is 11.3 Å². The third kappa shape index (κ3) is 5.47. The molecule has 0 bridgehead atoms. The summed E-state index contributed by atoms with van der Waals surface area (Å²) in [4.78, 5) is 26.8. The average molecular weight is 691 g/mol. The van der Waals surface area contributed by atoms with Crippen molar-refractivity contribution in [2.45, 2.75) is 25.9 Å². The molecular formula is C34H30N18. The molecule has 0 saturated carbocycles. The summed E-state index contributed by atoms with van der Waals surface area (Å²) in [6.07, 6.45) is 22.2. The first-order valence-electron chi connectivity index (χ1n) is 16.4. The smallest absolute Gasteiger partial charge is 0.221 e. The third-order valence-electron chi connectivity index (χ3n) is 8.90. The van der Waals surface area contributed by atoms with Gasteiger partial charge in [-0.15, -0.1) is 10.2 Å². The molecule has 0 amide bonds. The van der Waals surface area contributed by atoms with Crippen LogP contribution in [0.3, 0.4) is 0 Å². The minimum Gasteiger partial charge on any atom is -0.307 e. The molecule has 10 heterocycles. The molecule has 0 saturated heterocycles. The first kappa shape index (κ1) is 30.8. The van der Waals surface area contributed by atoms with Gasteiger partial charge in [-0.3, -0.25) is 9.36 Å². The van der Waals surface area contributed by atoms with E-state index in [4.69, 9.17) is 9.97 Å². The molecule has 0 N–H and O–H groups in total. The third-order valence-corrected chi connectivity index (χ3v) is 8.90. The Morgan fingerprint density at radius 3 is 1.42 bits per heavy atom. The van der Waals surface area contributed by atoms with Crippen LogP contribution in [0.2, 0.25) is 0 Å². The second-order valence-corrected chi connectivity index (χ2v) is 12.3. The van der Waals surface area contributed by atoms with Crippen LogP contribution in [0, 0.1) is 0 Å². The molecule has 0 radical (unpaired) electrons. The molecule has 0 spiro atoms. The van der Waals surface area contributed by atoms with Crippen LogP contribution in [0.5, 0.6) is 0 Å². The maximum absolute atomic E-state index is 4.72. The number of hydrogen-bond donors (Lipinski definition) is 0. The van der Waals surface area contributed by atoms with Crippen LogP contribution in [0.4, 0.5) is 0 Å². The molecule has 18 nitrogen and oxygen atoms in total. The van der Waals surface area contributed by atoms with Gasteiger partial charge in [-0.1, -0.05) is 22.6 Å². The number of rotatable bonds is 6. The number of aromatic nitrogens is 18. The van der Waals surface area contributed by atoms with Crippen LogP contribution in [0.1, 0.15) is 37.1 Å². The summed E-state index contributed by atoms with van der Waals surface area (Å²) < 4.78 is 11.0. The van der Waals surface area contributed by atoms with Crippen LogP contribution >= 0.6 is 0 Å². The van der Waals surface area contributed by atoms with Crippen molar-refractivity contribution in [1.29, 1.82) is 0 Å². The summed E-state index contributed by atoms with van der Waals surface area (Å²) >= 11 is 0. The van der Waals surface area contributed by atoms with Gasteiger partial charge in [0, 0.05) is 74.8 Å². The molecule has 0 aromatic carbocycles. The second-order valence-electron chi connectivity index (χ2n) is 12.3. The van der Waals surface area contributed by atoms with Crippen molar-refractivity contribution in [3.8, 4) is 22.5 Å². The van der Waals surface area contributed by atoms with Crippen LogP contribution in [0.15, 0.2) is 98.6 Å². The van der Waals surface area contributed by atoms with Gasteiger partial charge >= 0.3 is 0 Å². The van der Waals surface area contributed by atoms with E-state index in [2.05, 4.69) is 64.6 Å². The molecule has 52 heavy (non-hydrogen) atoms. The molecule has 0 aliphatic rings. The fourth-order valence-corrected chi connectivity index (χ4v) is 6.02. The standard InChI is InChI=1S/2C17H15N9/c2*1-11(12-3-4-15-18-5-6-25(15)10-12)26-17-16(22-23-26)19-8-14(21-17)13-7-20-24(2)9-13/h2*3-11H,1-2H3/t2*11-/m10/s1. The highest BCUT2D eigenvalue weighted by Gasteiger charge is 2.19. The zero-order chi connectivity index (χ0) is 35.3. The van der Waals surface area contributed by atoms with Gasteiger partial charge in [-0.2, -0.15) is 10.2 Å². The van der Waals surface area contributed by atoms with Gasteiger partial charge < -0.3 is 8.80 Å². The van der Waals surface area contributed by atoms with E-state index in [1.165, 1.54) is 0 Å². The van der Waals surface area contributed by atoms with E-state index in [1.54, 1.807) is 55.9 Å². The Hall–Kier alpha value is -7.24. The largest absolute Gasteiger partial charge is 0.307 e. The Bertz CT molecular complexity index is 2650. The van der Waals surface area contributed by atoms with Gasteiger partial charge in [0.15, 0.2) is 11.3 Å². The van der Waals surface area contributed by atoms with Crippen molar-refractivity contribution in [3.05, 3.63) is 110 Å². The summed E-state index contributed by atoms with van der Waals surface area (Å²) in [6, 6.07) is 7.95. The van der Waals surface area contributed by atoms with Crippen molar-refractivity contribution in [1.82, 2.24) is 88.3 Å². The summed E-state index contributed by atoms with van der Waals surface area (Å²) in [5.41, 5.74) is 9.59. The maximum Gasteiger partial charge on any atom is 0.221 e. The number of aryl methyl sites for hydroxylation is 2. The Balaban J connectivity index is 0.000000138. The van der Waals surface area contributed by atoms with Crippen LogP contribution in [0.25, 0.3) is 56.4 Å². The fraction of sp³-hybridized carbons (Fsp3) is 0.176.